The van der Waals surface area contributed by atoms with Gasteiger partial charge in [-0.25, -0.2) is 9.97 Å². The number of hydrogen-bond donors (Lipinski definition) is 1. The predicted molar refractivity (Wildman–Crippen MR) is 107 cm³/mol. The van der Waals surface area contributed by atoms with Crippen LogP contribution in [0.3, 0.4) is 0 Å². The topological polar surface area (TPSA) is 78.7 Å². The first-order valence-electron chi connectivity index (χ1n) is 8.70. The van der Waals surface area contributed by atoms with Gasteiger partial charge in [0.1, 0.15) is 0 Å². The van der Waals surface area contributed by atoms with Crippen LogP contribution in [0.4, 0.5) is 5.69 Å². The highest BCUT2D eigenvalue weighted by atomic mass is 16.1. The van der Waals surface area contributed by atoms with Gasteiger partial charge in [0.15, 0.2) is 0 Å². The van der Waals surface area contributed by atoms with Gasteiger partial charge in [0.25, 0.3) is 5.91 Å². The lowest BCUT2D eigenvalue weighted by Gasteiger charge is -2.16. The van der Waals surface area contributed by atoms with Crippen molar-refractivity contribution < 1.29 is 4.79 Å². The van der Waals surface area contributed by atoms with Gasteiger partial charge in [0, 0.05) is 29.2 Å². The van der Waals surface area contributed by atoms with Crippen LogP contribution in [0.25, 0.3) is 0 Å². The molecule has 3 aromatic rings. The maximum atomic E-state index is 12.5. The van der Waals surface area contributed by atoms with Crippen molar-refractivity contribution in [3.8, 4) is 17.9 Å². The van der Waals surface area contributed by atoms with Crippen molar-refractivity contribution in [3.63, 3.8) is 0 Å². The van der Waals surface area contributed by atoms with Gasteiger partial charge in [-0.15, -0.1) is 0 Å². The highest BCUT2D eigenvalue weighted by Gasteiger charge is 2.19. The van der Waals surface area contributed by atoms with E-state index in [0.717, 1.165) is 5.56 Å². The smallest absolute Gasteiger partial charge is 0.255 e. The molecule has 0 aliphatic rings. The molecule has 0 unspecified atom stereocenters. The number of rotatable bonds is 3. The summed E-state index contributed by atoms with van der Waals surface area (Å²) in [6, 6.07) is 18.3. The molecule has 1 N–H and O–H groups in total. The number of hydrogen-bond acceptors (Lipinski definition) is 4. The van der Waals surface area contributed by atoms with Crippen LogP contribution in [0, 0.1) is 23.2 Å². The summed E-state index contributed by atoms with van der Waals surface area (Å²) in [5.41, 5.74) is 2.19. The van der Waals surface area contributed by atoms with Crippen LogP contribution < -0.4 is 5.32 Å². The van der Waals surface area contributed by atoms with Crippen LogP contribution in [-0.2, 0) is 5.41 Å². The van der Waals surface area contributed by atoms with Gasteiger partial charge < -0.3 is 5.32 Å². The van der Waals surface area contributed by atoms with Crippen molar-refractivity contribution in [2.75, 3.05) is 5.32 Å². The number of anilines is 1. The third-order valence-electron chi connectivity index (χ3n) is 4.15. The Morgan fingerprint density at radius 3 is 2.39 bits per heavy atom. The number of carbonyl (C=O) groups is 1. The molecular formula is C23H18N4O. The maximum Gasteiger partial charge on any atom is 0.255 e. The van der Waals surface area contributed by atoms with Crippen molar-refractivity contribution in [2.24, 2.45) is 0 Å². The lowest BCUT2D eigenvalue weighted by Crippen LogP contribution is -2.15. The second-order valence-corrected chi connectivity index (χ2v) is 6.67. The molecule has 0 fully saturated rings. The van der Waals surface area contributed by atoms with Gasteiger partial charge in [-0.3, -0.25) is 4.79 Å². The zero-order valence-electron chi connectivity index (χ0n) is 15.6. The van der Waals surface area contributed by atoms with Crippen molar-refractivity contribution in [1.82, 2.24) is 9.97 Å². The van der Waals surface area contributed by atoms with E-state index < -0.39 is 5.41 Å². The minimum atomic E-state index is -0.571. The molecule has 5 heteroatoms. The Balaban J connectivity index is 1.73. The van der Waals surface area contributed by atoms with Gasteiger partial charge in [-0.1, -0.05) is 24.1 Å². The molecule has 2 aromatic carbocycles. The number of amides is 1. The van der Waals surface area contributed by atoms with Crippen molar-refractivity contribution >= 4 is 11.6 Å². The Morgan fingerprint density at radius 1 is 1.00 bits per heavy atom. The van der Waals surface area contributed by atoms with Gasteiger partial charge in [0.2, 0.25) is 5.82 Å². The molecule has 1 aromatic heterocycles. The molecule has 28 heavy (non-hydrogen) atoms. The molecule has 5 nitrogen and oxygen atoms in total. The van der Waals surface area contributed by atoms with Crippen LogP contribution in [0.1, 0.15) is 41.2 Å². The Hall–Kier alpha value is -3.96. The molecule has 1 heterocycles. The molecule has 0 saturated carbocycles. The number of nitrogens with one attached hydrogen (secondary N) is 1. The predicted octanol–water partition coefficient (Wildman–Crippen LogP) is 3.93. The third-order valence-corrected chi connectivity index (χ3v) is 4.15. The summed E-state index contributed by atoms with van der Waals surface area (Å²) in [6.07, 6.45) is 3.26. The van der Waals surface area contributed by atoms with E-state index in [2.05, 4.69) is 33.2 Å². The van der Waals surface area contributed by atoms with Crippen LogP contribution in [0.5, 0.6) is 0 Å². The monoisotopic (exact) mass is 366 g/mol. The van der Waals surface area contributed by atoms with Crippen LogP contribution in [-0.4, -0.2) is 15.9 Å². The Morgan fingerprint density at radius 2 is 1.71 bits per heavy atom. The zero-order chi connectivity index (χ0) is 20.0. The van der Waals surface area contributed by atoms with E-state index in [1.54, 1.807) is 48.8 Å². The fourth-order valence-corrected chi connectivity index (χ4v) is 2.47. The molecule has 0 saturated heterocycles. The summed E-state index contributed by atoms with van der Waals surface area (Å²) in [5, 5.41) is 12.1. The van der Waals surface area contributed by atoms with Crippen molar-refractivity contribution in [2.45, 2.75) is 19.3 Å². The zero-order valence-corrected chi connectivity index (χ0v) is 15.6. The molecule has 0 atom stereocenters. The first-order valence-corrected chi connectivity index (χ1v) is 8.70. The van der Waals surface area contributed by atoms with Crippen LogP contribution in [0.2, 0.25) is 0 Å². The summed E-state index contributed by atoms with van der Waals surface area (Å²) in [4.78, 5) is 20.6. The molecule has 0 radical (unpaired) electrons. The van der Waals surface area contributed by atoms with Gasteiger partial charge in [-0.05, 0) is 61.7 Å². The summed E-state index contributed by atoms with van der Waals surface area (Å²) in [7, 11) is 0. The number of nitrogens with zero attached hydrogens (tertiary/aromatic N) is 3. The average Bonchev–Trinajstić information content (AvgIpc) is 2.73. The largest absolute Gasteiger partial charge is 0.322 e. The minimum Gasteiger partial charge on any atom is -0.322 e. The van der Waals surface area contributed by atoms with E-state index in [1.807, 2.05) is 32.0 Å². The Labute approximate surface area is 164 Å². The van der Waals surface area contributed by atoms with Gasteiger partial charge in [-0.2, -0.15) is 5.26 Å². The van der Waals surface area contributed by atoms with Gasteiger partial charge >= 0.3 is 0 Å². The fourth-order valence-electron chi connectivity index (χ4n) is 2.47. The summed E-state index contributed by atoms with van der Waals surface area (Å²) < 4.78 is 0. The average molecular weight is 366 g/mol. The number of carbonyl (C=O) groups excluding carboxylic acids is 1. The second kappa shape index (κ2) is 8.16. The lowest BCUT2D eigenvalue weighted by molar-refractivity contribution is 0.102. The molecule has 1 amide bonds. The Bertz CT molecular complexity index is 1090. The molecule has 0 spiro atoms. The lowest BCUT2D eigenvalue weighted by atomic mass is 9.86. The summed E-state index contributed by atoms with van der Waals surface area (Å²) in [5.74, 6) is 6.04. The highest BCUT2D eigenvalue weighted by molar-refractivity contribution is 6.04. The summed E-state index contributed by atoms with van der Waals surface area (Å²) in [6.45, 7) is 3.71. The highest BCUT2D eigenvalue weighted by Crippen LogP contribution is 2.23. The quantitative estimate of drug-likeness (QED) is 0.713. The standard InChI is InChI=1S/C23H18N4O/c1-23(2,16-24)19-8-10-20(11-9-19)27-22(28)18-6-3-5-17(15-18)7-12-21-25-13-4-14-26-21/h3-6,8-11,13-15H,1-2H3,(H,27,28). The number of benzene rings is 2. The normalized spacial score (nSPS) is 10.3. The molecule has 136 valence electrons. The maximum absolute atomic E-state index is 12.5. The van der Waals surface area contributed by atoms with Crippen LogP contribution in [0.15, 0.2) is 67.0 Å². The number of aromatic nitrogens is 2. The minimum absolute atomic E-state index is 0.230. The van der Waals surface area contributed by atoms with Crippen molar-refractivity contribution in [1.29, 1.82) is 5.26 Å². The summed E-state index contributed by atoms with van der Waals surface area (Å²) >= 11 is 0. The second-order valence-electron chi connectivity index (χ2n) is 6.67. The van der Waals surface area contributed by atoms with E-state index in [1.165, 1.54) is 0 Å². The SMILES string of the molecule is CC(C)(C#N)c1ccc(NC(=O)c2cccc(C#Cc3ncccn3)c2)cc1. The van der Waals surface area contributed by atoms with E-state index in [0.29, 0.717) is 22.6 Å². The van der Waals surface area contributed by atoms with E-state index in [9.17, 15) is 10.1 Å². The molecule has 0 bridgehead atoms. The molecule has 0 aliphatic heterocycles. The first kappa shape index (κ1) is 18.8. The molecule has 0 aliphatic carbocycles. The Kier molecular flexibility index (Phi) is 5.48. The van der Waals surface area contributed by atoms with E-state index in [4.69, 9.17) is 0 Å². The van der Waals surface area contributed by atoms with E-state index in [-0.39, 0.29) is 5.91 Å². The third kappa shape index (κ3) is 4.60. The first-order chi connectivity index (χ1) is 13.5. The fraction of sp³-hybridized carbons (Fsp3) is 0.130. The van der Waals surface area contributed by atoms with Crippen molar-refractivity contribution in [3.05, 3.63) is 89.5 Å². The molecule has 3 rings (SSSR count). The number of nitriles is 1. The van der Waals surface area contributed by atoms with E-state index >= 15 is 0 Å². The molecular weight excluding hydrogens is 348 g/mol. The van der Waals surface area contributed by atoms with Crippen LogP contribution >= 0.6 is 0 Å². The van der Waals surface area contributed by atoms with Gasteiger partial charge in [0.05, 0.1) is 11.5 Å².